The summed E-state index contributed by atoms with van der Waals surface area (Å²) in [5, 5.41) is 0. The third kappa shape index (κ3) is 4.84. The van der Waals surface area contributed by atoms with Crippen LogP contribution in [0.1, 0.15) is 106 Å². The third-order valence-electron chi connectivity index (χ3n) is 13.8. The van der Waals surface area contributed by atoms with Crippen LogP contribution in [-0.2, 0) is 48.0 Å². The summed E-state index contributed by atoms with van der Waals surface area (Å²) in [6.07, 6.45) is 7.18. The average molecular weight is 651 g/mol. The van der Waals surface area contributed by atoms with E-state index in [0.717, 1.165) is 51.4 Å². The minimum atomic E-state index is -0.805. The SMILES string of the molecule is C[C@H]1[C@@H](CCOC(=O)OCC[C@H]2O[C@@H]3O[C@@]4(C)CC[C@H]5[C@H](C)CC[C@@H]([C@H]2C)[C@@]35OO4)O[C@@H]2O[C@@]3(C)CC[C@H]4[C@H](C)CC[C@@H]1[C@@]24OO3. The van der Waals surface area contributed by atoms with Crippen molar-refractivity contribution in [2.75, 3.05) is 13.2 Å². The Hall–Kier alpha value is -1.05. The molecule has 11 nitrogen and oxygen atoms in total. The summed E-state index contributed by atoms with van der Waals surface area (Å²) < 4.78 is 37.3. The first-order valence-corrected chi connectivity index (χ1v) is 18.2. The molecule has 16 atom stereocenters. The standard InChI is InChI=1S/C35H54O11/c1-19-7-9-25-21(3)27(39-29-34(25)23(19)11-15-32(5,41-29)43-45-34)13-17-37-31(36)38-18-14-28-22(4)26-10-8-20(2)24-12-16-33(6)42-30(40-28)35(24,26)46-44-33/h19-30H,7-18H2,1-6H3/t19-,20-,21-,22-,23+,24+,25+,26+,27-,28-,29-,30-,32-,33-,34-,35-/m1/s1. The fourth-order valence-corrected chi connectivity index (χ4v) is 11.2. The van der Waals surface area contributed by atoms with Crippen LogP contribution in [0.5, 0.6) is 0 Å². The van der Waals surface area contributed by atoms with Crippen LogP contribution >= 0.6 is 0 Å². The Bertz CT molecular complexity index is 1080. The van der Waals surface area contributed by atoms with E-state index in [0.29, 0.717) is 36.5 Å². The minimum Gasteiger partial charge on any atom is -0.434 e. The molecule has 10 aliphatic rings. The molecule has 0 unspecified atom stereocenters. The maximum atomic E-state index is 12.7. The number of hydrogen-bond donors (Lipinski definition) is 0. The molecule has 0 radical (unpaired) electrons. The van der Waals surface area contributed by atoms with E-state index in [2.05, 4.69) is 27.7 Å². The summed E-state index contributed by atoms with van der Waals surface area (Å²) in [6, 6.07) is 0. The fourth-order valence-electron chi connectivity index (χ4n) is 11.2. The van der Waals surface area contributed by atoms with Crippen molar-refractivity contribution >= 4 is 6.16 Å². The zero-order valence-electron chi connectivity index (χ0n) is 28.4. The maximum absolute atomic E-state index is 12.7. The number of carbonyl (C=O) groups is 1. The molecule has 0 aromatic carbocycles. The van der Waals surface area contributed by atoms with Crippen molar-refractivity contribution in [3.63, 3.8) is 0 Å². The van der Waals surface area contributed by atoms with E-state index in [9.17, 15) is 4.79 Å². The lowest BCUT2D eigenvalue weighted by Gasteiger charge is -2.60. The molecule has 2 spiro atoms. The number of hydrogen-bond acceptors (Lipinski definition) is 11. The molecule has 0 N–H and O–H groups in total. The molecule has 11 heteroatoms. The summed E-state index contributed by atoms with van der Waals surface area (Å²) in [5.74, 6) is 0.982. The highest BCUT2D eigenvalue weighted by atomic mass is 17.3. The van der Waals surface area contributed by atoms with Gasteiger partial charge in [-0.25, -0.2) is 24.3 Å². The Kier molecular flexibility index (Phi) is 8.05. The molecule has 2 saturated carbocycles. The van der Waals surface area contributed by atoms with Gasteiger partial charge in [-0.15, -0.1) is 0 Å². The van der Waals surface area contributed by atoms with Crippen molar-refractivity contribution < 1.29 is 52.8 Å². The second kappa shape index (κ2) is 11.5. The summed E-state index contributed by atoms with van der Waals surface area (Å²) in [7, 11) is 0. The van der Waals surface area contributed by atoms with Gasteiger partial charge in [-0.2, -0.15) is 0 Å². The first-order valence-electron chi connectivity index (χ1n) is 18.2. The van der Waals surface area contributed by atoms with Crippen LogP contribution in [0.2, 0.25) is 0 Å². The average Bonchev–Trinajstić information content (AvgIpc) is 3.39. The minimum absolute atomic E-state index is 0.122. The van der Waals surface area contributed by atoms with Crippen molar-refractivity contribution in [3.8, 4) is 0 Å². The largest absolute Gasteiger partial charge is 0.508 e. The van der Waals surface area contributed by atoms with E-state index in [1.165, 1.54) is 0 Å². The number of rotatable bonds is 6. The van der Waals surface area contributed by atoms with Crippen molar-refractivity contribution in [1.82, 2.24) is 0 Å². The first-order chi connectivity index (χ1) is 22.0. The topological polar surface area (TPSA) is 109 Å². The molecule has 2 aliphatic carbocycles. The number of fused-ring (bicyclic) bond motifs is 4. The molecule has 8 aliphatic heterocycles. The van der Waals surface area contributed by atoms with Gasteiger partial charge < -0.3 is 28.4 Å². The summed E-state index contributed by atoms with van der Waals surface area (Å²) in [6.45, 7) is 13.4. The Morgan fingerprint density at radius 1 is 0.609 bits per heavy atom. The molecule has 4 bridgehead atoms. The highest BCUT2D eigenvalue weighted by molar-refractivity contribution is 5.59. The number of ether oxygens (including phenoxy) is 6. The highest BCUT2D eigenvalue weighted by Gasteiger charge is 2.70. The fraction of sp³-hybridized carbons (Fsp3) is 0.971. The zero-order valence-corrected chi connectivity index (χ0v) is 28.4. The number of carbonyl (C=O) groups excluding carboxylic acids is 1. The monoisotopic (exact) mass is 650 g/mol. The Morgan fingerprint density at radius 2 is 1.04 bits per heavy atom. The van der Waals surface area contributed by atoms with Gasteiger partial charge in [-0.1, -0.05) is 27.7 Å². The molecule has 10 rings (SSSR count). The Labute approximate surface area is 272 Å². The lowest BCUT2D eigenvalue weighted by atomic mass is 9.57. The van der Waals surface area contributed by atoms with Gasteiger partial charge in [0.15, 0.2) is 23.8 Å². The Morgan fingerprint density at radius 3 is 1.48 bits per heavy atom. The van der Waals surface area contributed by atoms with Gasteiger partial charge in [0.2, 0.25) is 11.6 Å². The molecular weight excluding hydrogens is 596 g/mol. The molecule has 0 amide bonds. The van der Waals surface area contributed by atoms with E-state index in [1.807, 2.05) is 13.8 Å². The summed E-state index contributed by atoms with van der Waals surface area (Å²) in [4.78, 5) is 37.0. The smallest absolute Gasteiger partial charge is 0.434 e. The highest BCUT2D eigenvalue weighted by Crippen LogP contribution is 2.62. The third-order valence-corrected chi connectivity index (χ3v) is 13.8. The van der Waals surface area contributed by atoms with Gasteiger partial charge in [-0.3, -0.25) is 0 Å². The lowest BCUT2D eigenvalue weighted by Crippen LogP contribution is -2.70. The van der Waals surface area contributed by atoms with E-state index >= 15 is 0 Å². The van der Waals surface area contributed by atoms with Gasteiger partial charge in [0.1, 0.15) is 0 Å². The second-order valence-electron chi connectivity index (χ2n) is 16.4. The van der Waals surface area contributed by atoms with Gasteiger partial charge in [0.25, 0.3) is 0 Å². The first kappa shape index (κ1) is 32.2. The molecule has 10 fully saturated rings. The molecule has 8 saturated heterocycles. The molecule has 0 aromatic rings. The predicted molar refractivity (Wildman–Crippen MR) is 160 cm³/mol. The molecule has 46 heavy (non-hydrogen) atoms. The van der Waals surface area contributed by atoms with Gasteiger partial charge in [-0.05, 0) is 87.9 Å². The predicted octanol–water partition coefficient (Wildman–Crippen LogP) is 6.42. The van der Waals surface area contributed by atoms with Crippen LogP contribution in [0, 0.1) is 47.3 Å². The lowest BCUT2D eigenvalue weighted by molar-refractivity contribution is -0.571. The summed E-state index contributed by atoms with van der Waals surface area (Å²) >= 11 is 0. The van der Waals surface area contributed by atoms with Crippen molar-refractivity contribution in [2.45, 2.75) is 153 Å². The van der Waals surface area contributed by atoms with Crippen LogP contribution in [0.4, 0.5) is 4.79 Å². The molecule has 260 valence electrons. The van der Waals surface area contributed by atoms with Gasteiger partial charge >= 0.3 is 6.16 Å². The van der Waals surface area contributed by atoms with Crippen molar-refractivity contribution in [2.24, 2.45) is 47.3 Å². The molecular formula is C35H54O11. The van der Waals surface area contributed by atoms with E-state index in [4.69, 9.17) is 48.0 Å². The van der Waals surface area contributed by atoms with Crippen molar-refractivity contribution in [1.29, 1.82) is 0 Å². The quantitative estimate of drug-likeness (QED) is 0.235. The van der Waals surface area contributed by atoms with Crippen LogP contribution in [0.3, 0.4) is 0 Å². The van der Waals surface area contributed by atoms with Crippen LogP contribution in [0.25, 0.3) is 0 Å². The molecule has 0 aromatic heterocycles. The van der Waals surface area contributed by atoms with Crippen LogP contribution in [-0.4, -0.2) is 66.9 Å². The maximum Gasteiger partial charge on any atom is 0.508 e. The van der Waals surface area contributed by atoms with Gasteiger partial charge in [0, 0.05) is 37.5 Å². The van der Waals surface area contributed by atoms with Gasteiger partial charge in [0.05, 0.1) is 25.4 Å². The van der Waals surface area contributed by atoms with E-state index < -0.39 is 41.5 Å². The zero-order chi connectivity index (χ0) is 32.1. The van der Waals surface area contributed by atoms with E-state index in [-0.39, 0.29) is 49.1 Å². The normalized spacial score (nSPS) is 55.4. The van der Waals surface area contributed by atoms with Crippen LogP contribution in [0.15, 0.2) is 0 Å². The van der Waals surface area contributed by atoms with Crippen molar-refractivity contribution in [3.05, 3.63) is 0 Å². The van der Waals surface area contributed by atoms with E-state index in [1.54, 1.807) is 0 Å². The Balaban J connectivity index is 0.847. The van der Waals surface area contributed by atoms with Crippen LogP contribution < -0.4 is 0 Å². The second-order valence-corrected chi connectivity index (χ2v) is 16.4. The summed E-state index contributed by atoms with van der Waals surface area (Å²) in [5.41, 5.74) is -1.17. The molecule has 8 heterocycles.